The van der Waals surface area contributed by atoms with E-state index in [4.69, 9.17) is 4.74 Å². The van der Waals surface area contributed by atoms with Gasteiger partial charge in [-0.3, -0.25) is 0 Å². The molecule has 0 amide bonds. The average Bonchev–Trinajstić information content (AvgIpc) is 2.47. The van der Waals surface area contributed by atoms with Crippen molar-refractivity contribution in [3.8, 4) is 5.88 Å². The van der Waals surface area contributed by atoms with Crippen LogP contribution in [0.25, 0.3) is 0 Å². The Bertz CT molecular complexity index is 418. The summed E-state index contributed by atoms with van der Waals surface area (Å²) in [7, 11) is 0. The van der Waals surface area contributed by atoms with Crippen LogP contribution in [0.5, 0.6) is 5.88 Å². The number of hydrogen-bond donors (Lipinski definition) is 1. The Hall–Kier alpha value is -1.36. The highest BCUT2D eigenvalue weighted by atomic mass is 16.5. The van der Waals surface area contributed by atoms with Gasteiger partial charge in [0, 0.05) is 31.4 Å². The molecule has 1 aromatic rings. The molecule has 1 aliphatic rings. The quantitative estimate of drug-likeness (QED) is 0.837. The van der Waals surface area contributed by atoms with E-state index in [0.717, 1.165) is 32.0 Å². The molecular weight excluding hydrogens is 264 g/mol. The van der Waals surface area contributed by atoms with Crippen LogP contribution in [0.3, 0.4) is 0 Å². The molecule has 1 unspecified atom stereocenters. The first kappa shape index (κ1) is 16.0. The SMILES string of the molecule is CCCN(CC1CCCCN1)c1nccc(OC(C)C)n1. The van der Waals surface area contributed by atoms with Gasteiger partial charge in [0.15, 0.2) is 0 Å². The molecule has 1 N–H and O–H groups in total. The fraction of sp³-hybridized carbons (Fsp3) is 0.750. The summed E-state index contributed by atoms with van der Waals surface area (Å²) in [5.74, 6) is 1.44. The molecule has 1 saturated heterocycles. The fourth-order valence-electron chi connectivity index (χ4n) is 2.68. The smallest absolute Gasteiger partial charge is 0.228 e. The minimum absolute atomic E-state index is 0.132. The van der Waals surface area contributed by atoms with Crippen LogP contribution in [-0.2, 0) is 0 Å². The van der Waals surface area contributed by atoms with Crippen LogP contribution >= 0.6 is 0 Å². The Balaban J connectivity index is 2.05. The maximum absolute atomic E-state index is 5.68. The van der Waals surface area contributed by atoms with Gasteiger partial charge in [0.25, 0.3) is 0 Å². The van der Waals surface area contributed by atoms with Crippen molar-refractivity contribution in [2.75, 3.05) is 24.5 Å². The summed E-state index contributed by atoms with van der Waals surface area (Å²) < 4.78 is 5.68. The van der Waals surface area contributed by atoms with Crippen LogP contribution < -0.4 is 15.0 Å². The third kappa shape index (κ3) is 5.16. The molecule has 1 atom stereocenters. The molecule has 2 heterocycles. The fourth-order valence-corrected chi connectivity index (χ4v) is 2.68. The third-order valence-electron chi connectivity index (χ3n) is 3.60. The van der Waals surface area contributed by atoms with Crippen molar-refractivity contribution in [3.63, 3.8) is 0 Å². The van der Waals surface area contributed by atoms with E-state index in [2.05, 4.69) is 27.1 Å². The van der Waals surface area contributed by atoms with E-state index in [-0.39, 0.29) is 6.10 Å². The molecule has 5 nitrogen and oxygen atoms in total. The second kappa shape index (κ2) is 8.17. The highest BCUT2D eigenvalue weighted by Crippen LogP contribution is 2.16. The Morgan fingerprint density at radius 2 is 2.29 bits per heavy atom. The van der Waals surface area contributed by atoms with Crippen LogP contribution in [0.15, 0.2) is 12.3 Å². The number of ether oxygens (including phenoxy) is 1. The van der Waals surface area contributed by atoms with Crippen molar-refractivity contribution >= 4 is 5.95 Å². The zero-order chi connectivity index (χ0) is 15.1. The zero-order valence-electron chi connectivity index (χ0n) is 13.5. The van der Waals surface area contributed by atoms with Crippen molar-refractivity contribution in [3.05, 3.63) is 12.3 Å². The summed E-state index contributed by atoms with van der Waals surface area (Å²) in [5, 5.41) is 3.60. The number of hydrogen-bond acceptors (Lipinski definition) is 5. The standard InChI is InChI=1S/C16H28N4O/c1-4-11-20(12-14-7-5-6-9-17-14)16-18-10-8-15(19-16)21-13(2)3/h8,10,13-14,17H,4-7,9,11-12H2,1-3H3. The van der Waals surface area contributed by atoms with E-state index in [1.165, 1.54) is 19.3 Å². The van der Waals surface area contributed by atoms with Gasteiger partial charge in [-0.25, -0.2) is 4.98 Å². The van der Waals surface area contributed by atoms with Gasteiger partial charge in [-0.15, -0.1) is 0 Å². The maximum atomic E-state index is 5.68. The van der Waals surface area contributed by atoms with Crippen LogP contribution in [0.1, 0.15) is 46.5 Å². The predicted octanol–water partition coefficient (Wildman–Crippen LogP) is 2.62. The minimum Gasteiger partial charge on any atom is -0.475 e. The van der Waals surface area contributed by atoms with Gasteiger partial charge >= 0.3 is 0 Å². The summed E-state index contributed by atoms with van der Waals surface area (Å²) in [6.07, 6.45) is 6.85. The lowest BCUT2D eigenvalue weighted by molar-refractivity contribution is 0.232. The Labute approximate surface area is 128 Å². The Morgan fingerprint density at radius 1 is 1.43 bits per heavy atom. The first-order valence-corrected chi connectivity index (χ1v) is 8.17. The van der Waals surface area contributed by atoms with Crippen LogP contribution in [-0.4, -0.2) is 41.7 Å². The summed E-state index contributed by atoms with van der Waals surface area (Å²) in [6, 6.07) is 2.37. The minimum atomic E-state index is 0.132. The number of piperidine rings is 1. The van der Waals surface area contributed by atoms with Gasteiger partial charge in [-0.1, -0.05) is 13.3 Å². The van der Waals surface area contributed by atoms with Gasteiger partial charge in [-0.2, -0.15) is 4.98 Å². The van der Waals surface area contributed by atoms with Gasteiger partial charge in [0.05, 0.1) is 6.10 Å². The van der Waals surface area contributed by atoms with Crippen molar-refractivity contribution < 1.29 is 4.74 Å². The summed E-state index contributed by atoms with van der Waals surface area (Å²) in [4.78, 5) is 11.3. The maximum Gasteiger partial charge on any atom is 0.228 e. The lowest BCUT2D eigenvalue weighted by Crippen LogP contribution is -2.44. The molecule has 1 fully saturated rings. The van der Waals surface area contributed by atoms with E-state index >= 15 is 0 Å². The van der Waals surface area contributed by atoms with E-state index < -0.39 is 0 Å². The van der Waals surface area contributed by atoms with Gasteiger partial charge in [0.2, 0.25) is 11.8 Å². The van der Waals surface area contributed by atoms with Crippen LogP contribution in [0.4, 0.5) is 5.95 Å². The molecule has 118 valence electrons. The molecule has 2 rings (SSSR count). The van der Waals surface area contributed by atoms with Crippen LogP contribution in [0.2, 0.25) is 0 Å². The molecule has 0 radical (unpaired) electrons. The van der Waals surface area contributed by atoms with E-state index in [0.29, 0.717) is 11.9 Å². The number of aromatic nitrogens is 2. The third-order valence-corrected chi connectivity index (χ3v) is 3.60. The second-order valence-corrected chi connectivity index (χ2v) is 5.95. The van der Waals surface area contributed by atoms with Gasteiger partial charge < -0.3 is 15.0 Å². The lowest BCUT2D eigenvalue weighted by Gasteiger charge is -2.30. The Kier molecular flexibility index (Phi) is 6.23. The van der Waals surface area contributed by atoms with E-state index in [9.17, 15) is 0 Å². The largest absolute Gasteiger partial charge is 0.475 e. The number of nitrogens with one attached hydrogen (secondary N) is 1. The predicted molar refractivity (Wildman–Crippen MR) is 85.9 cm³/mol. The first-order valence-electron chi connectivity index (χ1n) is 8.17. The topological polar surface area (TPSA) is 50.3 Å². The first-order chi connectivity index (χ1) is 10.2. The number of anilines is 1. The van der Waals surface area contributed by atoms with Crippen molar-refractivity contribution in [2.24, 2.45) is 0 Å². The highest BCUT2D eigenvalue weighted by Gasteiger charge is 2.18. The van der Waals surface area contributed by atoms with Gasteiger partial charge in [0.1, 0.15) is 0 Å². The molecule has 0 aromatic carbocycles. The molecule has 0 aliphatic carbocycles. The number of nitrogens with zero attached hydrogens (tertiary/aromatic N) is 3. The summed E-state index contributed by atoms with van der Waals surface area (Å²) in [6.45, 7) is 9.29. The molecule has 5 heteroatoms. The summed E-state index contributed by atoms with van der Waals surface area (Å²) >= 11 is 0. The molecule has 0 spiro atoms. The number of rotatable bonds is 7. The van der Waals surface area contributed by atoms with Gasteiger partial charge in [-0.05, 0) is 39.7 Å². The molecule has 0 saturated carbocycles. The highest BCUT2D eigenvalue weighted by molar-refractivity contribution is 5.32. The van der Waals surface area contributed by atoms with Crippen LogP contribution in [0, 0.1) is 0 Å². The Morgan fingerprint density at radius 3 is 2.95 bits per heavy atom. The van der Waals surface area contributed by atoms with Crippen molar-refractivity contribution in [2.45, 2.75) is 58.6 Å². The lowest BCUT2D eigenvalue weighted by atomic mass is 10.0. The monoisotopic (exact) mass is 292 g/mol. The summed E-state index contributed by atoms with van der Waals surface area (Å²) in [5.41, 5.74) is 0. The molecule has 21 heavy (non-hydrogen) atoms. The zero-order valence-corrected chi connectivity index (χ0v) is 13.5. The second-order valence-electron chi connectivity index (χ2n) is 5.95. The van der Waals surface area contributed by atoms with Crippen molar-refractivity contribution in [1.29, 1.82) is 0 Å². The average molecular weight is 292 g/mol. The van der Waals surface area contributed by atoms with E-state index in [1.54, 1.807) is 6.20 Å². The van der Waals surface area contributed by atoms with Crippen molar-refractivity contribution in [1.82, 2.24) is 15.3 Å². The van der Waals surface area contributed by atoms with E-state index in [1.807, 2.05) is 19.9 Å². The normalized spacial score (nSPS) is 18.8. The molecular formula is C16H28N4O. The molecule has 0 bridgehead atoms. The molecule has 1 aliphatic heterocycles. The molecule has 1 aromatic heterocycles.